The SMILES string of the molecule is CC(C)(O)C(C)(C)Nc1nc2ccccn2n1. The Labute approximate surface area is 100 Å². The molecule has 2 heterocycles. The Kier molecular flexibility index (Phi) is 2.58. The monoisotopic (exact) mass is 234 g/mol. The highest BCUT2D eigenvalue weighted by atomic mass is 16.3. The van der Waals surface area contributed by atoms with Gasteiger partial charge in [0.25, 0.3) is 0 Å². The Bertz CT molecular complexity index is 492. The van der Waals surface area contributed by atoms with E-state index in [0.717, 1.165) is 5.65 Å². The number of anilines is 1. The van der Waals surface area contributed by atoms with Crippen LogP contribution in [0.5, 0.6) is 0 Å². The molecular formula is C12H18N4O. The van der Waals surface area contributed by atoms with Gasteiger partial charge in [-0.15, -0.1) is 5.10 Å². The molecule has 0 fully saturated rings. The fourth-order valence-electron chi connectivity index (χ4n) is 1.32. The Hall–Kier alpha value is -1.62. The number of nitrogens with zero attached hydrogens (tertiary/aromatic N) is 3. The molecule has 0 saturated heterocycles. The maximum atomic E-state index is 10.1. The zero-order valence-corrected chi connectivity index (χ0v) is 10.6. The molecule has 0 saturated carbocycles. The summed E-state index contributed by atoms with van der Waals surface area (Å²) in [4.78, 5) is 4.34. The normalized spacial score (nSPS) is 13.0. The molecule has 0 amide bonds. The standard InChI is InChI=1S/C12H18N4O/c1-11(2,12(3,4)17)14-10-13-9-7-5-6-8-16(9)15-10/h5-8,17H,1-4H3,(H,14,15). The van der Waals surface area contributed by atoms with Gasteiger partial charge in [-0.1, -0.05) is 6.07 Å². The largest absolute Gasteiger partial charge is 0.388 e. The van der Waals surface area contributed by atoms with E-state index in [2.05, 4.69) is 15.4 Å². The van der Waals surface area contributed by atoms with Crippen LogP contribution in [-0.4, -0.2) is 30.8 Å². The summed E-state index contributed by atoms with van der Waals surface area (Å²) in [6.07, 6.45) is 1.84. The van der Waals surface area contributed by atoms with E-state index in [1.165, 1.54) is 0 Å². The third-order valence-electron chi connectivity index (χ3n) is 3.20. The van der Waals surface area contributed by atoms with Gasteiger partial charge in [0.15, 0.2) is 5.65 Å². The molecule has 0 spiro atoms. The lowest BCUT2D eigenvalue weighted by Crippen LogP contribution is -2.51. The summed E-state index contributed by atoms with van der Waals surface area (Å²) in [6.45, 7) is 7.35. The number of rotatable bonds is 3. The van der Waals surface area contributed by atoms with Gasteiger partial charge in [0.1, 0.15) is 0 Å². The Morgan fingerprint density at radius 1 is 1.24 bits per heavy atom. The average Bonchev–Trinajstić information content (AvgIpc) is 2.56. The van der Waals surface area contributed by atoms with Gasteiger partial charge >= 0.3 is 0 Å². The summed E-state index contributed by atoms with van der Waals surface area (Å²) in [5, 5.41) is 17.5. The molecule has 0 radical (unpaired) electrons. The summed E-state index contributed by atoms with van der Waals surface area (Å²) in [5.74, 6) is 0.517. The van der Waals surface area contributed by atoms with Gasteiger partial charge in [0.05, 0.1) is 11.1 Å². The highest BCUT2D eigenvalue weighted by Crippen LogP contribution is 2.24. The first-order valence-corrected chi connectivity index (χ1v) is 5.61. The minimum absolute atomic E-state index is 0.516. The van der Waals surface area contributed by atoms with E-state index in [4.69, 9.17) is 0 Å². The molecule has 92 valence electrons. The van der Waals surface area contributed by atoms with Crippen molar-refractivity contribution in [2.24, 2.45) is 0 Å². The Morgan fingerprint density at radius 2 is 1.94 bits per heavy atom. The fourth-order valence-corrected chi connectivity index (χ4v) is 1.32. The van der Waals surface area contributed by atoms with Crippen molar-refractivity contribution in [1.82, 2.24) is 14.6 Å². The summed E-state index contributed by atoms with van der Waals surface area (Å²) in [6, 6.07) is 5.69. The van der Waals surface area contributed by atoms with Crippen molar-refractivity contribution in [3.63, 3.8) is 0 Å². The molecule has 2 rings (SSSR count). The molecular weight excluding hydrogens is 216 g/mol. The number of fused-ring (bicyclic) bond motifs is 1. The van der Waals surface area contributed by atoms with Crippen LogP contribution in [0.2, 0.25) is 0 Å². The van der Waals surface area contributed by atoms with Crippen LogP contribution in [-0.2, 0) is 0 Å². The summed E-state index contributed by atoms with van der Waals surface area (Å²) < 4.78 is 1.70. The van der Waals surface area contributed by atoms with Crippen LogP contribution in [0.15, 0.2) is 24.4 Å². The molecule has 2 aromatic heterocycles. The minimum atomic E-state index is -0.871. The van der Waals surface area contributed by atoms with E-state index < -0.39 is 11.1 Å². The second-order valence-corrected chi connectivity index (χ2v) is 5.25. The third-order valence-corrected chi connectivity index (χ3v) is 3.20. The van der Waals surface area contributed by atoms with Gasteiger partial charge < -0.3 is 10.4 Å². The van der Waals surface area contributed by atoms with Gasteiger partial charge in [-0.2, -0.15) is 4.98 Å². The smallest absolute Gasteiger partial charge is 0.243 e. The van der Waals surface area contributed by atoms with Crippen LogP contribution in [0.3, 0.4) is 0 Å². The first-order valence-electron chi connectivity index (χ1n) is 5.61. The van der Waals surface area contributed by atoms with E-state index >= 15 is 0 Å². The first-order chi connectivity index (χ1) is 7.79. The summed E-state index contributed by atoms with van der Waals surface area (Å²) in [5.41, 5.74) is -0.607. The van der Waals surface area contributed by atoms with E-state index in [0.29, 0.717) is 5.95 Å². The molecule has 17 heavy (non-hydrogen) atoms. The molecule has 5 nitrogen and oxygen atoms in total. The predicted molar refractivity (Wildman–Crippen MR) is 67.0 cm³/mol. The van der Waals surface area contributed by atoms with Crippen LogP contribution in [0, 0.1) is 0 Å². The maximum Gasteiger partial charge on any atom is 0.243 e. The zero-order valence-electron chi connectivity index (χ0n) is 10.6. The van der Waals surface area contributed by atoms with Crippen LogP contribution in [0.4, 0.5) is 5.95 Å². The minimum Gasteiger partial charge on any atom is -0.388 e. The van der Waals surface area contributed by atoms with E-state index in [1.807, 2.05) is 38.2 Å². The first kappa shape index (κ1) is 11.9. The molecule has 0 aliphatic carbocycles. The van der Waals surface area contributed by atoms with Crippen molar-refractivity contribution in [1.29, 1.82) is 0 Å². The molecule has 5 heteroatoms. The van der Waals surface area contributed by atoms with Gasteiger partial charge in [0, 0.05) is 6.20 Å². The summed E-state index contributed by atoms with van der Waals surface area (Å²) >= 11 is 0. The lowest BCUT2D eigenvalue weighted by atomic mass is 9.86. The highest BCUT2D eigenvalue weighted by molar-refractivity contribution is 5.44. The second kappa shape index (κ2) is 3.70. The van der Waals surface area contributed by atoms with Crippen LogP contribution in [0.25, 0.3) is 5.65 Å². The van der Waals surface area contributed by atoms with Gasteiger partial charge in [-0.3, -0.25) is 0 Å². The van der Waals surface area contributed by atoms with Crippen molar-refractivity contribution in [2.45, 2.75) is 38.8 Å². The van der Waals surface area contributed by atoms with Gasteiger partial charge in [-0.25, -0.2) is 4.52 Å². The molecule has 0 bridgehead atoms. The van der Waals surface area contributed by atoms with Gasteiger partial charge in [-0.05, 0) is 39.8 Å². The number of pyridine rings is 1. The topological polar surface area (TPSA) is 62.5 Å². The van der Waals surface area contributed by atoms with E-state index in [1.54, 1.807) is 18.4 Å². The Balaban J connectivity index is 2.30. The van der Waals surface area contributed by atoms with E-state index in [-0.39, 0.29) is 0 Å². The highest BCUT2D eigenvalue weighted by Gasteiger charge is 2.35. The number of aliphatic hydroxyl groups is 1. The predicted octanol–water partition coefficient (Wildman–Crippen LogP) is 1.69. The zero-order chi connectivity index (χ0) is 12.7. The van der Waals surface area contributed by atoms with Crippen LogP contribution < -0.4 is 5.32 Å². The molecule has 0 unspecified atom stereocenters. The number of hydrogen-bond acceptors (Lipinski definition) is 4. The molecule has 0 atom stereocenters. The fraction of sp³-hybridized carbons (Fsp3) is 0.500. The van der Waals surface area contributed by atoms with Crippen LogP contribution >= 0.6 is 0 Å². The van der Waals surface area contributed by atoms with E-state index in [9.17, 15) is 5.11 Å². The van der Waals surface area contributed by atoms with Crippen molar-refractivity contribution < 1.29 is 5.11 Å². The molecule has 0 aliphatic rings. The van der Waals surface area contributed by atoms with Crippen molar-refractivity contribution in [3.05, 3.63) is 24.4 Å². The maximum absolute atomic E-state index is 10.1. The molecule has 2 aromatic rings. The second-order valence-electron chi connectivity index (χ2n) is 5.25. The molecule has 0 aliphatic heterocycles. The van der Waals surface area contributed by atoms with Gasteiger partial charge in [0.2, 0.25) is 5.95 Å². The lowest BCUT2D eigenvalue weighted by molar-refractivity contribution is 0.0237. The number of nitrogens with one attached hydrogen (secondary N) is 1. The summed E-state index contributed by atoms with van der Waals surface area (Å²) in [7, 11) is 0. The average molecular weight is 234 g/mol. The van der Waals surface area contributed by atoms with Crippen molar-refractivity contribution in [2.75, 3.05) is 5.32 Å². The number of hydrogen-bond donors (Lipinski definition) is 2. The van der Waals surface area contributed by atoms with Crippen molar-refractivity contribution >= 4 is 11.6 Å². The van der Waals surface area contributed by atoms with Crippen molar-refractivity contribution in [3.8, 4) is 0 Å². The molecule has 2 N–H and O–H groups in total. The Morgan fingerprint density at radius 3 is 2.53 bits per heavy atom. The lowest BCUT2D eigenvalue weighted by Gasteiger charge is -2.37. The number of aromatic nitrogens is 3. The van der Waals surface area contributed by atoms with Crippen LogP contribution in [0.1, 0.15) is 27.7 Å². The third kappa shape index (κ3) is 2.24. The quantitative estimate of drug-likeness (QED) is 0.848. The molecule has 0 aromatic carbocycles.